The summed E-state index contributed by atoms with van der Waals surface area (Å²) in [6.45, 7) is 5.94. The van der Waals surface area contributed by atoms with Gasteiger partial charge in [0, 0.05) is 45.0 Å². The number of ether oxygens (including phenoxy) is 1. The smallest absolute Gasteiger partial charge is 0.261 e. The van der Waals surface area contributed by atoms with E-state index in [9.17, 15) is 9.18 Å². The molecule has 3 rings (SSSR count). The molecule has 1 fully saturated rings. The summed E-state index contributed by atoms with van der Waals surface area (Å²) in [7, 11) is 2.11. The molecule has 2 heterocycles. The van der Waals surface area contributed by atoms with Crippen LogP contribution in [0.3, 0.4) is 0 Å². The average molecular weight is 372 g/mol. The number of rotatable bonds is 6. The molecule has 1 atom stereocenters. The molecular formula is C20H25FN4O2. The molecule has 1 aromatic heterocycles. The number of anilines is 1. The van der Waals surface area contributed by atoms with Gasteiger partial charge in [0.25, 0.3) is 5.91 Å². The highest BCUT2D eigenvalue weighted by Crippen LogP contribution is 2.16. The summed E-state index contributed by atoms with van der Waals surface area (Å²) in [5, 5.41) is 2.86. The molecule has 6 nitrogen and oxygen atoms in total. The normalized spacial score (nSPS) is 16.0. The van der Waals surface area contributed by atoms with Crippen LogP contribution in [0.2, 0.25) is 0 Å². The third kappa shape index (κ3) is 5.40. The third-order valence-electron chi connectivity index (χ3n) is 4.58. The van der Waals surface area contributed by atoms with E-state index in [-0.39, 0.29) is 5.91 Å². The molecule has 7 heteroatoms. The van der Waals surface area contributed by atoms with E-state index in [0.717, 1.165) is 37.6 Å². The highest BCUT2D eigenvalue weighted by molar-refractivity contribution is 5.80. The number of pyridine rings is 1. The lowest BCUT2D eigenvalue weighted by Gasteiger charge is -2.33. The van der Waals surface area contributed by atoms with E-state index in [1.54, 1.807) is 25.3 Å². The van der Waals surface area contributed by atoms with E-state index in [2.05, 4.69) is 27.1 Å². The van der Waals surface area contributed by atoms with E-state index in [4.69, 9.17) is 4.74 Å². The van der Waals surface area contributed by atoms with E-state index < -0.39 is 11.9 Å². The molecule has 27 heavy (non-hydrogen) atoms. The largest absolute Gasteiger partial charge is 0.481 e. The Hall–Kier alpha value is -2.67. The first kappa shape index (κ1) is 19.1. The molecule has 1 aliphatic rings. The van der Waals surface area contributed by atoms with Gasteiger partial charge in [-0.1, -0.05) is 6.07 Å². The van der Waals surface area contributed by atoms with Crippen molar-refractivity contribution in [2.45, 2.75) is 19.6 Å². The van der Waals surface area contributed by atoms with Gasteiger partial charge >= 0.3 is 0 Å². The first-order valence-corrected chi connectivity index (χ1v) is 9.09. The quantitative estimate of drug-likeness (QED) is 0.841. The number of aromatic nitrogens is 1. The zero-order chi connectivity index (χ0) is 19.2. The summed E-state index contributed by atoms with van der Waals surface area (Å²) in [4.78, 5) is 21.3. The summed E-state index contributed by atoms with van der Waals surface area (Å²) >= 11 is 0. The lowest BCUT2D eigenvalue weighted by molar-refractivity contribution is -0.127. The Balaban J connectivity index is 1.53. The number of likely N-dealkylation sites (N-methyl/N-ethyl adjacent to an activating group) is 1. The third-order valence-corrected chi connectivity index (χ3v) is 4.58. The number of benzene rings is 1. The van der Waals surface area contributed by atoms with E-state index in [1.165, 1.54) is 12.1 Å². The molecule has 1 saturated heterocycles. The van der Waals surface area contributed by atoms with Crippen LogP contribution in [-0.4, -0.2) is 55.1 Å². The predicted octanol–water partition coefficient (Wildman–Crippen LogP) is 2.06. The minimum Gasteiger partial charge on any atom is -0.481 e. The van der Waals surface area contributed by atoms with Crippen LogP contribution in [0.15, 0.2) is 42.6 Å². The SMILES string of the molecule is CC(Oc1cccc(F)c1)C(=O)NCc1ccnc(N2CCN(C)CC2)c1. The number of carbonyl (C=O) groups excluding carboxylic acids is 1. The zero-order valence-corrected chi connectivity index (χ0v) is 15.7. The average Bonchev–Trinajstić information content (AvgIpc) is 2.67. The fraction of sp³-hybridized carbons (Fsp3) is 0.400. The fourth-order valence-corrected chi connectivity index (χ4v) is 2.91. The minimum atomic E-state index is -0.717. The Labute approximate surface area is 158 Å². The van der Waals surface area contributed by atoms with Gasteiger partial charge < -0.3 is 19.9 Å². The fourth-order valence-electron chi connectivity index (χ4n) is 2.91. The lowest BCUT2D eigenvalue weighted by Crippen LogP contribution is -2.44. The molecule has 0 saturated carbocycles. The number of hydrogen-bond acceptors (Lipinski definition) is 5. The number of nitrogens with zero attached hydrogens (tertiary/aromatic N) is 3. The summed E-state index contributed by atoms with van der Waals surface area (Å²) in [6, 6.07) is 9.65. The van der Waals surface area contributed by atoms with Gasteiger partial charge in [-0.3, -0.25) is 4.79 Å². The number of piperazine rings is 1. The number of nitrogens with one attached hydrogen (secondary N) is 1. The van der Waals surface area contributed by atoms with Crippen LogP contribution in [-0.2, 0) is 11.3 Å². The van der Waals surface area contributed by atoms with Crippen molar-refractivity contribution in [3.63, 3.8) is 0 Å². The Morgan fingerprint density at radius 3 is 2.78 bits per heavy atom. The monoisotopic (exact) mass is 372 g/mol. The topological polar surface area (TPSA) is 57.7 Å². The summed E-state index contributed by atoms with van der Waals surface area (Å²) in [5.74, 6) is 0.614. The van der Waals surface area contributed by atoms with Crippen LogP contribution >= 0.6 is 0 Å². The maximum Gasteiger partial charge on any atom is 0.261 e. The van der Waals surface area contributed by atoms with Gasteiger partial charge in [0.1, 0.15) is 17.4 Å². The van der Waals surface area contributed by atoms with Gasteiger partial charge in [0.15, 0.2) is 6.10 Å². The van der Waals surface area contributed by atoms with Crippen LogP contribution < -0.4 is 15.0 Å². The maximum absolute atomic E-state index is 13.2. The van der Waals surface area contributed by atoms with Gasteiger partial charge in [-0.15, -0.1) is 0 Å². The lowest BCUT2D eigenvalue weighted by atomic mass is 10.2. The maximum atomic E-state index is 13.2. The van der Waals surface area contributed by atoms with Crippen molar-refractivity contribution < 1.29 is 13.9 Å². The highest BCUT2D eigenvalue weighted by atomic mass is 19.1. The van der Waals surface area contributed by atoms with Crippen molar-refractivity contribution in [2.75, 3.05) is 38.1 Å². The molecule has 0 spiro atoms. The van der Waals surface area contributed by atoms with E-state index >= 15 is 0 Å². The number of halogens is 1. The Kier molecular flexibility index (Phi) is 6.24. The van der Waals surface area contributed by atoms with Crippen LogP contribution in [0.1, 0.15) is 12.5 Å². The molecule has 1 aliphatic heterocycles. The highest BCUT2D eigenvalue weighted by Gasteiger charge is 2.17. The minimum absolute atomic E-state index is 0.253. The summed E-state index contributed by atoms with van der Waals surface area (Å²) in [5.41, 5.74) is 0.977. The zero-order valence-electron chi connectivity index (χ0n) is 15.7. The number of hydrogen-bond donors (Lipinski definition) is 1. The van der Waals surface area contributed by atoms with Gasteiger partial charge in [-0.2, -0.15) is 0 Å². The predicted molar refractivity (Wildman–Crippen MR) is 102 cm³/mol. The summed E-state index contributed by atoms with van der Waals surface area (Å²) in [6.07, 6.45) is 1.05. The molecule has 1 N–H and O–H groups in total. The molecule has 2 aromatic rings. The second kappa shape index (κ2) is 8.81. The van der Waals surface area contributed by atoms with Crippen LogP contribution in [0, 0.1) is 5.82 Å². The molecular weight excluding hydrogens is 347 g/mol. The standard InChI is InChI=1S/C20H25FN4O2/c1-15(27-18-5-3-4-17(21)13-18)20(26)23-14-16-6-7-22-19(12-16)25-10-8-24(2)9-11-25/h3-7,12-13,15H,8-11,14H2,1-2H3,(H,23,26). The second-order valence-electron chi connectivity index (χ2n) is 6.75. The van der Waals surface area contributed by atoms with E-state index in [1.807, 2.05) is 12.1 Å². The van der Waals surface area contributed by atoms with Crippen LogP contribution in [0.5, 0.6) is 5.75 Å². The number of amides is 1. The molecule has 144 valence electrons. The van der Waals surface area contributed by atoms with E-state index in [0.29, 0.717) is 12.3 Å². The first-order chi connectivity index (χ1) is 13.0. The van der Waals surface area contributed by atoms with Crippen molar-refractivity contribution >= 4 is 11.7 Å². The number of carbonyl (C=O) groups is 1. The summed E-state index contributed by atoms with van der Waals surface area (Å²) < 4.78 is 18.7. The molecule has 1 amide bonds. The van der Waals surface area contributed by atoms with Crippen molar-refractivity contribution in [1.82, 2.24) is 15.2 Å². The van der Waals surface area contributed by atoms with Crippen molar-refractivity contribution in [3.8, 4) is 5.75 Å². The van der Waals surface area contributed by atoms with Gasteiger partial charge in [0.05, 0.1) is 0 Å². The molecule has 0 aliphatic carbocycles. The Morgan fingerprint density at radius 1 is 1.26 bits per heavy atom. The Morgan fingerprint density at radius 2 is 2.04 bits per heavy atom. The van der Waals surface area contributed by atoms with Gasteiger partial charge in [0.2, 0.25) is 0 Å². The molecule has 0 bridgehead atoms. The van der Waals surface area contributed by atoms with Crippen molar-refractivity contribution in [1.29, 1.82) is 0 Å². The second-order valence-corrected chi connectivity index (χ2v) is 6.75. The first-order valence-electron chi connectivity index (χ1n) is 9.09. The van der Waals surface area contributed by atoms with Crippen LogP contribution in [0.25, 0.3) is 0 Å². The van der Waals surface area contributed by atoms with Gasteiger partial charge in [-0.05, 0) is 43.8 Å². The van der Waals surface area contributed by atoms with Crippen LogP contribution in [0.4, 0.5) is 10.2 Å². The molecule has 1 unspecified atom stereocenters. The Bertz CT molecular complexity index is 778. The van der Waals surface area contributed by atoms with Crippen molar-refractivity contribution in [3.05, 3.63) is 54.0 Å². The molecule has 1 aromatic carbocycles. The van der Waals surface area contributed by atoms with Crippen molar-refractivity contribution in [2.24, 2.45) is 0 Å². The molecule has 0 radical (unpaired) electrons. The van der Waals surface area contributed by atoms with Gasteiger partial charge in [-0.25, -0.2) is 9.37 Å².